The molecule has 2 aromatic heterocycles. The standard InChI is InChI=1S/C17H16N2O4/c1-12(22-14-6-3-2-4-7-14)17(20)18-11-13-10-16(23-19-13)15-8-5-9-21-15/h2-10,12H,11H2,1H3,(H,18,20)/t12-/m1/s1. The predicted octanol–water partition coefficient (Wildman–Crippen LogP) is 3.02. The van der Waals surface area contributed by atoms with E-state index < -0.39 is 6.10 Å². The molecule has 0 radical (unpaired) electrons. The van der Waals surface area contributed by atoms with Crippen molar-refractivity contribution >= 4 is 5.91 Å². The Balaban J connectivity index is 1.52. The highest BCUT2D eigenvalue weighted by Crippen LogP contribution is 2.20. The van der Waals surface area contributed by atoms with E-state index in [0.29, 0.717) is 23.0 Å². The van der Waals surface area contributed by atoms with Gasteiger partial charge in [-0.25, -0.2) is 0 Å². The lowest BCUT2D eigenvalue weighted by atomic mass is 10.3. The number of rotatable bonds is 6. The summed E-state index contributed by atoms with van der Waals surface area (Å²) in [6, 6.07) is 14.5. The largest absolute Gasteiger partial charge is 0.481 e. The predicted molar refractivity (Wildman–Crippen MR) is 82.6 cm³/mol. The van der Waals surface area contributed by atoms with Crippen LogP contribution in [-0.2, 0) is 11.3 Å². The summed E-state index contributed by atoms with van der Waals surface area (Å²) in [5.41, 5.74) is 0.608. The molecule has 6 heteroatoms. The summed E-state index contributed by atoms with van der Waals surface area (Å²) < 4.78 is 16.0. The van der Waals surface area contributed by atoms with Crippen LogP contribution >= 0.6 is 0 Å². The number of furan rings is 1. The highest BCUT2D eigenvalue weighted by molar-refractivity contribution is 5.80. The average Bonchev–Trinajstić information content (AvgIpc) is 3.24. The van der Waals surface area contributed by atoms with Crippen molar-refractivity contribution in [2.75, 3.05) is 0 Å². The first-order valence-corrected chi connectivity index (χ1v) is 7.21. The molecule has 3 rings (SSSR count). The Morgan fingerprint density at radius 3 is 2.78 bits per heavy atom. The van der Waals surface area contributed by atoms with Crippen LogP contribution in [0.4, 0.5) is 0 Å². The lowest BCUT2D eigenvalue weighted by Crippen LogP contribution is -2.35. The van der Waals surface area contributed by atoms with E-state index in [1.54, 1.807) is 43.5 Å². The van der Waals surface area contributed by atoms with Crippen molar-refractivity contribution in [1.29, 1.82) is 0 Å². The van der Waals surface area contributed by atoms with Crippen LogP contribution in [0.3, 0.4) is 0 Å². The van der Waals surface area contributed by atoms with Crippen molar-refractivity contribution in [2.45, 2.75) is 19.6 Å². The van der Waals surface area contributed by atoms with Crippen molar-refractivity contribution in [2.24, 2.45) is 0 Å². The Morgan fingerprint density at radius 2 is 2.04 bits per heavy atom. The minimum atomic E-state index is -0.603. The SMILES string of the molecule is C[C@@H](Oc1ccccc1)C(=O)NCc1cc(-c2ccco2)on1. The quantitative estimate of drug-likeness (QED) is 0.757. The minimum Gasteiger partial charge on any atom is -0.481 e. The maximum atomic E-state index is 12.0. The zero-order chi connectivity index (χ0) is 16.1. The Labute approximate surface area is 133 Å². The van der Waals surface area contributed by atoms with Gasteiger partial charge in [0, 0.05) is 6.07 Å². The van der Waals surface area contributed by atoms with E-state index in [1.807, 2.05) is 18.2 Å². The van der Waals surface area contributed by atoms with Crippen LogP contribution in [0.1, 0.15) is 12.6 Å². The van der Waals surface area contributed by atoms with Gasteiger partial charge in [-0.05, 0) is 31.2 Å². The second-order valence-corrected chi connectivity index (χ2v) is 4.95. The smallest absolute Gasteiger partial charge is 0.261 e. The topological polar surface area (TPSA) is 77.5 Å². The van der Waals surface area contributed by atoms with Crippen LogP contribution in [-0.4, -0.2) is 17.2 Å². The van der Waals surface area contributed by atoms with Gasteiger partial charge in [-0.3, -0.25) is 4.79 Å². The first-order chi connectivity index (χ1) is 11.2. The molecule has 1 N–H and O–H groups in total. The maximum absolute atomic E-state index is 12.0. The summed E-state index contributed by atoms with van der Waals surface area (Å²) >= 11 is 0. The van der Waals surface area contributed by atoms with Gasteiger partial charge in [0.25, 0.3) is 5.91 Å². The molecule has 6 nitrogen and oxygen atoms in total. The number of amides is 1. The molecule has 23 heavy (non-hydrogen) atoms. The van der Waals surface area contributed by atoms with Crippen molar-refractivity contribution < 1.29 is 18.5 Å². The van der Waals surface area contributed by atoms with Gasteiger partial charge in [-0.2, -0.15) is 0 Å². The molecule has 0 aliphatic heterocycles. The number of ether oxygens (including phenoxy) is 1. The summed E-state index contributed by atoms with van der Waals surface area (Å²) in [6.07, 6.45) is 0.955. The minimum absolute atomic E-state index is 0.226. The highest BCUT2D eigenvalue weighted by atomic mass is 16.5. The zero-order valence-electron chi connectivity index (χ0n) is 12.6. The van der Waals surface area contributed by atoms with Gasteiger partial charge in [0.15, 0.2) is 11.9 Å². The third-order valence-corrected chi connectivity index (χ3v) is 3.19. The first kappa shape index (κ1) is 14.9. The van der Waals surface area contributed by atoms with E-state index >= 15 is 0 Å². The summed E-state index contributed by atoms with van der Waals surface area (Å²) in [6.45, 7) is 1.95. The molecule has 1 amide bonds. The van der Waals surface area contributed by atoms with E-state index in [2.05, 4.69) is 10.5 Å². The van der Waals surface area contributed by atoms with Gasteiger partial charge < -0.3 is 19.0 Å². The van der Waals surface area contributed by atoms with Gasteiger partial charge in [0.05, 0.1) is 12.8 Å². The summed E-state index contributed by atoms with van der Waals surface area (Å²) in [5, 5.41) is 6.66. The van der Waals surface area contributed by atoms with E-state index in [0.717, 1.165) is 0 Å². The molecule has 1 atom stereocenters. The van der Waals surface area contributed by atoms with Gasteiger partial charge in [-0.15, -0.1) is 0 Å². The third kappa shape index (κ3) is 3.79. The molecule has 0 saturated heterocycles. The van der Waals surface area contributed by atoms with Crippen molar-refractivity contribution in [1.82, 2.24) is 10.5 Å². The van der Waals surface area contributed by atoms with Crippen molar-refractivity contribution in [3.05, 3.63) is 60.5 Å². The lowest BCUT2D eigenvalue weighted by molar-refractivity contribution is -0.127. The number of nitrogens with one attached hydrogen (secondary N) is 1. The van der Waals surface area contributed by atoms with Crippen LogP contribution in [0.25, 0.3) is 11.5 Å². The molecule has 0 spiro atoms. The van der Waals surface area contributed by atoms with Crippen LogP contribution in [0.15, 0.2) is 63.7 Å². The maximum Gasteiger partial charge on any atom is 0.261 e. The number of aromatic nitrogens is 1. The average molecular weight is 312 g/mol. The highest BCUT2D eigenvalue weighted by Gasteiger charge is 2.15. The molecule has 118 valence electrons. The fraction of sp³-hybridized carbons (Fsp3) is 0.176. The summed E-state index contributed by atoms with van der Waals surface area (Å²) in [7, 11) is 0. The molecule has 0 aliphatic rings. The number of hydrogen-bond acceptors (Lipinski definition) is 5. The van der Waals surface area contributed by atoms with Gasteiger partial charge >= 0.3 is 0 Å². The summed E-state index contributed by atoms with van der Waals surface area (Å²) in [4.78, 5) is 12.0. The second-order valence-electron chi connectivity index (χ2n) is 4.95. The Morgan fingerprint density at radius 1 is 1.22 bits per heavy atom. The number of hydrogen-bond donors (Lipinski definition) is 1. The molecule has 0 fully saturated rings. The van der Waals surface area contributed by atoms with Gasteiger partial charge in [0.1, 0.15) is 11.4 Å². The van der Waals surface area contributed by atoms with E-state index in [4.69, 9.17) is 13.7 Å². The Bertz CT molecular complexity index is 750. The number of benzene rings is 1. The molecule has 1 aromatic carbocycles. The number of carbonyl (C=O) groups is 1. The molecule has 0 bridgehead atoms. The van der Waals surface area contributed by atoms with Gasteiger partial charge in [-0.1, -0.05) is 23.4 Å². The molecular formula is C17H16N2O4. The molecule has 3 aromatic rings. The molecule has 2 heterocycles. The number of nitrogens with zero attached hydrogens (tertiary/aromatic N) is 1. The van der Waals surface area contributed by atoms with E-state index in [9.17, 15) is 4.79 Å². The van der Waals surface area contributed by atoms with Crippen LogP contribution in [0, 0.1) is 0 Å². The van der Waals surface area contributed by atoms with E-state index in [1.165, 1.54) is 0 Å². The Kier molecular flexibility index (Phi) is 4.42. The van der Waals surface area contributed by atoms with Crippen LogP contribution < -0.4 is 10.1 Å². The molecular weight excluding hydrogens is 296 g/mol. The van der Waals surface area contributed by atoms with Crippen molar-refractivity contribution in [3.8, 4) is 17.3 Å². The lowest BCUT2D eigenvalue weighted by Gasteiger charge is -2.13. The van der Waals surface area contributed by atoms with Crippen molar-refractivity contribution in [3.63, 3.8) is 0 Å². The van der Waals surface area contributed by atoms with Gasteiger partial charge in [0.2, 0.25) is 5.76 Å². The fourth-order valence-electron chi connectivity index (χ4n) is 2.01. The first-order valence-electron chi connectivity index (χ1n) is 7.21. The monoisotopic (exact) mass is 312 g/mol. The summed E-state index contributed by atoms with van der Waals surface area (Å²) in [5.74, 6) is 1.54. The van der Waals surface area contributed by atoms with Crippen LogP contribution in [0.5, 0.6) is 5.75 Å². The molecule has 0 unspecified atom stereocenters. The molecule has 0 aliphatic carbocycles. The number of para-hydroxylation sites is 1. The number of carbonyl (C=O) groups excluding carboxylic acids is 1. The Hall–Kier alpha value is -3.02. The van der Waals surface area contributed by atoms with Crippen LogP contribution in [0.2, 0.25) is 0 Å². The molecule has 0 saturated carbocycles. The van der Waals surface area contributed by atoms with E-state index in [-0.39, 0.29) is 12.5 Å². The fourth-order valence-corrected chi connectivity index (χ4v) is 2.01. The second kappa shape index (κ2) is 6.83. The normalized spacial score (nSPS) is 11.9. The third-order valence-electron chi connectivity index (χ3n) is 3.19. The zero-order valence-corrected chi connectivity index (χ0v) is 12.6.